The molecule has 0 amide bonds. The number of aryl methyl sites for hydroxylation is 1. The van der Waals surface area contributed by atoms with E-state index in [-0.39, 0.29) is 5.56 Å². The van der Waals surface area contributed by atoms with E-state index in [1.165, 1.54) is 0 Å². The lowest BCUT2D eigenvalue weighted by Crippen LogP contribution is -2.20. The van der Waals surface area contributed by atoms with Crippen molar-refractivity contribution in [2.75, 3.05) is 0 Å². The van der Waals surface area contributed by atoms with Crippen LogP contribution in [0.1, 0.15) is 11.1 Å². The topological polar surface area (TPSA) is 22.0 Å². The van der Waals surface area contributed by atoms with Crippen molar-refractivity contribution in [3.8, 4) is 0 Å². The van der Waals surface area contributed by atoms with Crippen molar-refractivity contribution in [1.29, 1.82) is 0 Å². The van der Waals surface area contributed by atoms with Gasteiger partial charge in [0.05, 0.1) is 6.54 Å². The van der Waals surface area contributed by atoms with Crippen LogP contribution in [0.5, 0.6) is 0 Å². The second kappa shape index (κ2) is 5.35. The molecule has 17 heavy (non-hydrogen) atoms. The molecule has 2 nitrogen and oxygen atoms in total. The fourth-order valence-electron chi connectivity index (χ4n) is 1.59. The van der Waals surface area contributed by atoms with Crippen molar-refractivity contribution in [1.82, 2.24) is 4.57 Å². The Morgan fingerprint density at radius 1 is 1.35 bits per heavy atom. The number of hydrogen-bond donors (Lipinski definition) is 0. The Morgan fingerprint density at radius 3 is 2.82 bits per heavy atom. The minimum Gasteiger partial charge on any atom is -0.310 e. The van der Waals surface area contributed by atoms with E-state index >= 15 is 0 Å². The molecule has 0 aliphatic carbocycles. The van der Waals surface area contributed by atoms with Gasteiger partial charge in [-0.05, 0) is 52.8 Å². The Balaban J connectivity index is 2.37. The first-order valence-corrected chi connectivity index (χ1v) is 7.04. The Bertz CT molecular complexity index is 607. The van der Waals surface area contributed by atoms with Crippen molar-refractivity contribution >= 4 is 38.5 Å². The van der Waals surface area contributed by atoms with Crippen molar-refractivity contribution in [3.63, 3.8) is 0 Å². The first-order chi connectivity index (χ1) is 8.06. The van der Waals surface area contributed by atoms with Crippen molar-refractivity contribution in [2.45, 2.75) is 13.5 Å². The van der Waals surface area contributed by atoms with E-state index in [9.17, 15) is 4.79 Å². The molecular formula is C13H11BrINO. The summed E-state index contributed by atoms with van der Waals surface area (Å²) >= 11 is 5.68. The van der Waals surface area contributed by atoms with Crippen LogP contribution in [-0.4, -0.2) is 4.57 Å². The third-order valence-electron chi connectivity index (χ3n) is 2.51. The molecule has 0 aliphatic heterocycles. The van der Waals surface area contributed by atoms with Gasteiger partial charge in [0.25, 0.3) is 5.56 Å². The number of pyridine rings is 1. The first-order valence-electron chi connectivity index (χ1n) is 5.17. The number of hydrogen-bond acceptors (Lipinski definition) is 1. The van der Waals surface area contributed by atoms with E-state index < -0.39 is 0 Å². The van der Waals surface area contributed by atoms with Crippen LogP contribution in [0.2, 0.25) is 0 Å². The molecule has 0 radical (unpaired) electrons. The standard InChI is InChI=1S/C13H11BrINO/c1-9-5-13(17)16(8-12(9)15)7-10-3-2-4-11(14)6-10/h2-6,8H,7H2,1H3. The number of halogens is 2. The summed E-state index contributed by atoms with van der Waals surface area (Å²) in [5.41, 5.74) is 2.19. The maximum Gasteiger partial charge on any atom is 0.251 e. The molecule has 2 rings (SSSR count). The Kier molecular flexibility index (Phi) is 4.04. The van der Waals surface area contributed by atoms with E-state index in [2.05, 4.69) is 38.5 Å². The average Bonchev–Trinajstić information content (AvgIpc) is 2.26. The number of benzene rings is 1. The highest BCUT2D eigenvalue weighted by Crippen LogP contribution is 2.13. The van der Waals surface area contributed by atoms with Gasteiger partial charge in [-0.3, -0.25) is 4.79 Å². The molecule has 2 aromatic rings. The molecule has 1 aromatic heterocycles. The first kappa shape index (κ1) is 12.8. The molecule has 0 N–H and O–H groups in total. The van der Waals surface area contributed by atoms with Crippen molar-refractivity contribution in [2.24, 2.45) is 0 Å². The third kappa shape index (κ3) is 3.19. The summed E-state index contributed by atoms with van der Waals surface area (Å²) in [6, 6.07) is 9.68. The lowest BCUT2D eigenvalue weighted by atomic mass is 10.2. The van der Waals surface area contributed by atoms with E-state index in [0.717, 1.165) is 19.2 Å². The largest absolute Gasteiger partial charge is 0.310 e. The van der Waals surface area contributed by atoms with Gasteiger partial charge in [0, 0.05) is 20.3 Å². The summed E-state index contributed by atoms with van der Waals surface area (Å²) in [5.74, 6) is 0. The Labute approximate surface area is 122 Å². The maximum absolute atomic E-state index is 11.8. The summed E-state index contributed by atoms with van der Waals surface area (Å²) in [5, 5.41) is 0. The van der Waals surface area contributed by atoms with Crippen molar-refractivity contribution < 1.29 is 0 Å². The van der Waals surface area contributed by atoms with E-state index in [1.807, 2.05) is 37.4 Å². The molecule has 1 heterocycles. The second-order valence-corrected chi connectivity index (χ2v) is 5.98. The highest BCUT2D eigenvalue weighted by atomic mass is 127. The zero-order valence-electron chi connectivity index (χ0n) is 9.28. The lowest BCUT2D eigenvalue weighted by molar-refractivity contribution is 0.753. The molecule has 4 heteroatoms. The van der Waals surface area contributed by atoms with Crippen LogP contribution < -0.4 is 5.56 Å². The fourth-order valence-corrected chi connectivity index (χ4v) is 2.53. The van der Waals surface area contributed by atoms with Crippen LogP contribution in [-0.2, 0) is 6.54 Å². The SMILES string of the molecule is Cc1cc(=O)n(Cc2cccc(Br)c2)cc1I. The van der Waals surface area contributed by atoms with Gasteiger partial charge >= 0.3 is 0 Å². The average molecular weight is 404 g/mol. The smallest absolute Gasteiger partial charge is 0.251 e. The number of rotatable bonds is 2. The van der Waals surface area contributed by atoms with Crippen molar-refractivity contribution in [3.05, 3.63) is 66.1 Å². The summed E-state index contributed by atoms with van der Waals surface area (Å²) < 4.78 is 3.87. The summed E-state index contributed by atoms with van der Waals surface area (Å²) in [4.78, 5) is 11.8. The number of aromatic nitrogens is 1. The summed E-state index contributed by atoms with van der Waals surface area (Å²) in [6.45, 7) is 2.56. The van der Waals surface area contributed by atoms with E-state index in [4.69, 9.17) is 0 Å². The highest BCUT2D eigenvalue weighted by Gasteiger charge is 2.02. The normalized spacial score (nSPS) is 10.5. The highest BCUT2D eigenvalue weighted by molar-refractivity contribution is 14.1. The zero-order valence-corrected chi connectivity index (χ0v) is 13.0. The van der Waals surface area contributed by atoms with Gasteiger partial charge in [0.15, 0.2) is 0 Å². The molecule has 1 aromatic carbocycles. The second-order valence-electron chi connectivity index (χ2n) is 3.90. The molecule has 0 unspecified atom stereocenters. The van der Waals surface area contributed by atoms with Gasteiger partial charge in [-0.25, -0.2) is 0 Å². The molecule has 0 saturated carbocycles. The molecule has 0 atom stereocenters. The molecule has 0 aliphatic rings. The molecule has 0 bridgehead atoms. The predicted molar refractivity (Wildman–Crippen MR) is 81.4 cm³/mol. The van der Waals surface area contributed by atoms with E-state index in [1.54, 1.807) is 10.6 Å². The monoisotopic (exact) mass is 403 g/mol. The van der Waals surface area contributed by atoms with Crippen LogP contribution in [0, 0.1) is 10.5 Å². The fraction of sp³-hybridized carbons (Fsp3) is 0.154. The molecule has 88 valence electrons. The van der Waals surface area contributed by atoms with Gasteiger partial charge < -0.3 is 4.57 Å². The lowest BCUT2D eigenvalue weighted by Gasteiger charge is -2.08. The quantitative estimate of drug-likeness (QED) is 0.702. The third-order valence-corrected chi connectivity index (χ3v) is 4.13. The predicted octanol–water partition coefficient (Wildman–Crippen LogP) is 3.57. The van der Waals surface area contributed by atoms with Gasteiger partial charge in [0.1, 0.15) is 0 Å². The Morgan fingerprint density at radius 2 is 2.12 bits per heavy atom. The summed E-state index contributed by atoms with van der Waals surface area (Å²) in [7, 11) is 0. The molecular weight excluding hydrogens is 393 g/mol. The van der Waals surface area contributed by atoms with Crippen LogP contribution in [0.3, 0.4) is 0 Å². The zero-order chi connectivity index (χ0) is 12.4. The van der Waals surface area contributed by atoms with E-state index in [0.29, 0.717) is 6.54 Å². The van der Waals surface area contributed by atoms with Gasteiger partial charge in [-0.15, -0.1) is 0 Å². The molecule has 0 fully saturated rings. The minimum absolute atomic E-state index is 0.0443. The van der Waals surface area contributed by atoms with Crippen LogP contribution in [0.25, 0.3) is 0 Å². The van der Waals surface area contributed by atoms with Gasteiger partial charge in [0.2, 0.25) is 0 Å². The van der Waals surface area contributed by atoms with Gasteiger partial charge in [-0.2, -0.15) is 0 Å². The van der Waals surface area contributed by atoms with Crippen LogP contribution in [0.4, 0.5) is 0 Å². The maximum atomic E-state index is 11.8. The van der Waals surface area contributed by atoms with Gasteiger partial charge in [-0.1, -0.05) is 28.1 Å². The summed E-state index contributed by atoms with van der Waals surface area (Å²) in [6.07, 6.45) is 1.90. The Hall–Kier alpha value is -0.620. The number of nitrogens with zero attached hydrogens (tertiary/aromatic N) is 1. The van der Waals surface area contributed by atoms with Crippen LogP contribution >= 0.6 is 38.5 Å². The minimum atomic E-state index is 0.0443. The van der Waals surface area contributed by atoms with Crippen LogP contribution in [0.15, 0.2) is 45.8 Å². The molecule has 0 spiro atoms. The molecule has 0 saturated heterocycles.